The molecular weight excluding hydrogens is 192 g/mol. The topological polar surface area (TPSA) is 69.1 Å². The number of ketones is 1. The summed E-state index contributed by atoms with van der Waals surface area (Å²) >= 11 is 0. The van der Waals surface area contributed by atoms with Crippen LogP contribution in [0.5, 0.6) is 0 Å². The quantitative estimate of drug-likeness (QED) is 0.474. The van der Waals surface area contributed by atoms with Gasteiger partial charge >= 0.3 is 0 Å². The molecule has 12 heavy (non-hydrogen) atoms. The van der Waals surface area contributed by atoms with Crippen LogP contribution >= 0.6 is 21.6 Å². The molecule has 0 radical (unpaired) electrons. The van der Waals surface area contributed by atoms with Crippen LogP contribution in [0.4, 0.5) is 0 Å². The minimum atomic E-state index is -0.385. The van der Waals surface area contributed by atoms with E-state index in [1.54, 1.807) is 21.6 Å². The Bertz CT molecular complexity index is 133. The molecule has 0 aliphatic rings. The Kier molecular flexibility index (Phi) is 8.11. The van der Waals surface area contributed by atoms with Gasteiger partial charge in [0.25, 0.3) is 0 Å². The van der Waals surface area contributed by atoms with E-state index in [1.165, 1.54) is 0 Å². The number of hydrogen-bond acceptors (Lipinski definition) is 5. The van der Waals surface area contributed by atoms with E-state index < -0.39 is 0 Å². The molecule has 0 aromatic rings. The molecule has 0 bridgehead atoms. The molecule has 0 rings (SSSR count). The van der Waals surface area contributed by atoms with Crippen LogP contribution in [0.15, 0.2) is 0 Å². The van der Waals surface area contributed by atoms with E-state index >= 15 is 0 Å². The number of nitrogens with two attached hydrogens (primary N) is 2. The average Bonchev–Trinajstić information content (AvgIpc) is 2.10. The summed E-state index contributed by atoms with van der Waals surface area (Å²) in [5.41, 5.74) is 10.7. The second-order valence-electron chi connectivity index (χ2n) is 2.38. The van der Waals surface area contributed by atoms with Gasteiger partial charge in [0.1, 0.15) is 0 Å². The minimum absolute atomic E-state index is 0.0557. The number of carbonyl (C=O) groups excluding carboxylic acids is 1. The molecule has 5 heteroatoms. The largest absolute Gasteiger partial charge is 0.324 e. The molecule has 72 valence electrons. The maximum atomic E-state index is 10.9. The first-order chi connectivity index (χ1) is 5.72. The Morgan fingerprint density at radius 2 is 2.17 bits per heavy atom. The molecule has 0 heterocycles. The van der Waals surface area contributed by atoms with Gasteiger partial charge in [-0.15, -0.1) is 0 Å². The van der Waals surface area contributed by atoms with Gasteiger partial charge in [-0.2, -0.15) is 0 Å². The normalized spacial score (nSPS) is 12.9. The lowest BCUT2D eigenvalue weighted by molar-refractivity contribution is -0.118. The smallest absolute Gasteiger partial charge is 0.163 e. The van der Waals surface area contributed by atoms with Gasteiger partial charge < -0.3 is 11.5 Å². The fourth-order valence-corrected chi connectivity index (χ4v) is 2.80. The molecule has 0 spiro atoms. The van der Waals surface area contributed by atoms with Crippen molar-refractivity contribution in [2.24, 2.45) is 11.5 Å². The summed E-state index contributed by atoms with van der Waals surface area (Å²) in [5, 5.41) is 0. The third kappa shape index (κ3) is 5.88. The van der Waals surface area contributed by atoms with Gasteiger partial charge in [-0.05, 0) is 6.42 Å². The van der Waals surface area contributed by atoms with E-state index in [2.05, 4.69) is 6.92 Å². The van der Waals surface area contributed by atoms with Gasteiger partial charge in [-0.3, -0.25) is 4.79 Å². The van der Waals surface area contributed by atoms with Crippen molar-refractivity contribution in [1.82, 2.24) is 0 Å². The van der Waals surface area contributed by atoms with E-state index in [1.807, 2.05) is 0 Å². The van der Waals surface area contributed by atoms with Gasteiger partial charge in [-0.1, -0.05) is 28.5 Å². The van der Waals surface area contributed by atoms with Crippen LogP contribution in [0, 0.1) is 0 Å². The highest BCUT2D eigenvalue weighted by Crippen LogP contribution is 2.22. The zero-order chi connectivity index (χ0) is 9.40. The third-order valence-corrected chi connectivity index (χ3v) is 3.88. The summed E-state index contributed by atoms with van der Waals surface area (Å²) in [6.07, 6.45) is 1.15. The van der Waals surface area contributed by atoms with Crippen LogP contribution in [0.2, 0.25) is 0 Å². The molecule has 3 nitrogen and oxygen atoms in total. The molecule has 0 saturated heterocycles. The second kappa shape index (κ2) is 7.91. The molecule has 1 atom stereocenters. The highest BCUT2D eigenvalue weighted by atomic mass is 33.1. The lowest BCUT2D eigenvalue weighted by atomic mass is 10.2. The molecule has 0 aromatic carbocycles. The van der Waals surface area contributed by atoms with Crippen LogP contribution in [0.3, 0.4) is 0 Å². The molecular formula is C7H16N2OS2. The molecule has 0 aromatic heterocycles. The van der Waals surface area contributed by atoms with Gasteiger partial charge in [0, 0.05) is 11.5 Å². The highest BCUT2D eigenvalue weighted by molar-refractivity contribution is 8.76. The fraction of sp³-hybridized carbons (Fsp3) is 0.857. The Labute approximate surface area is 81.4 Å². The van der Waals surface area contributed by atoms with E-state index in [4.69, 9.17) is 11.5 Å². The molecule has 4 N–H and O–H groups in total. The molecule has 0 fully saturated rings. The Morgan fingerprint density at radius 1 is 1.50 bits per heavy atom. The summed E-state index contributed by atoms with van der Waals surface area (Å²) in [6, 6.07) is -0.385. The van der Waals surface area contributed by atoms with Crippen LogP contribution < -0.4 is 11.5 Å². The molecule has 0 aliphatic carbocycles. The summed E-state index contributed by atoms with van der Waals surface area (Å²) in [6.45, 7) is 2.18. The van der Waals surface area contributed by atoms with Crippen LogP contribution in [0.25, 0.3) is 0 Å². The number of Topliss-reactive ketones (excluding diaryl/α,β-unsaturated/α-hetero) is 1. The van der Waals surface area contributed by atoms with Crippen LogP contribution in [0.1, 0.15) is 13.3 Å². The van der Waals surface area contributed by atoms with Crippen molar-refractivity contribution in [3.8, 4) is 0 Å². The van der Waals surface area contributed by atoms with Gasteiger partial charge in [0.15, 0.2) is 5.78 Å². The Balaban J connectivity index is 3.31. The summed E-state index contributed by atoms with van der Waals surface area (Å²) < 4.78 is 0. The highest BCUT2D eigenvalue weighted by Gasteiger charge is 2.10. The van der Waals surface area contributed by atoms with Crippen molar-refractivity contribution in [2.45, 2.75) is 19.4 Å². The third-order valence-electron chi connectivity index (χ3n) is 1.23. The van der Waals surface area contributed by atoms with E-state index in [0.29, 0.717) is 5.75 Å². The summed E-state index contributed by atoms with van der Waals surface area (Å²) in [4.78, 5) is 10.9. The van der Waals surface area contributed by atoms with Crippen LogP contribution in [-0.4, -0.2) is 29.9 Å². The fourth-order valence-electron chi connectivity index (χ4n) is 0.508. The first-order valence-electron chi connectivity index (χ1n) is 3.95. The van der Waals surface area contributed by atoms with Crippen molar-refractivity contribution in [2.75, 3.05) is 18.1 Å². The lowest BCUT2D eigenvalue weighted by Crippen LogP contribution is -2.37. The van der Waals surface area contributed by atoms with E-state index in [9.17, 15) is 4.79 Å². The van der Waals surface area contributed by atoms with Crippen molar-refractivity contribution >= 4 is 27.4 Å². The van der Waals surface area contributed by atoms with Gasteiger partial charge in [0.2, 0.25) is 0 Å². The first-order valence-corrected chi connectivity index (χ1v) is 6.44. The molecule has 0 saturated carbocycles. The predicted octanol–water partition coefficient (Wildman–Crippen LogP) is 0.633. The zero-order valence-electron chi connectivity index (χ0n) is 7.29. The van der Waals surface area contributed by atoms with Crippen molar-refractivity contribution in [1.29, 1.82) is 0 Å². The SMILES string of the molecule is CCCSSC[C@H](N)C(=O)CN. The standard InChI is InChI=1S/C7H16N2OS2/c1-2-3-11-12-5-6(9)7(10)4-8/h6H,2-5,8-9H2,1H3/t6-/m0/s1. The number of hydrogen-bond donors (Lipinski definition) is 2. The molecule has 0 amide bonds. The monoisotopic (exact) mass is 208 g/mol. The molecule has 0 unspecified atom stereocenters. The first kappa shape index (κ1) is 12.3. The van der Waals surface area contributed by atoms with Gasteiger partial charge in [0.05, 0.1) is 12.6 Å². The zero-order valence-corrected chi connectivity index (χ0v) is 8.92. The predicted molar refractivity (Wildman–Crippen MR) is 57.2 cm³/mol. The van der Waals surface area contributed by atoms with Crippen molar-refractivity contribution in [3.05, 3.63) is 0 Å². The van der Waals surface area contributed by atoms with E-state index in [0.717, 1.165) is 12.2 Å². The number of carbonyl (C=O) groups is 1. The minimum Gasteiger partial charge on any atom is -0.324 e. The Hall–Kier alpha value is 0.290. The summed E-state index contributed by atoms with van der Waals surface area (Å²) in [5.74, 6) is 1.72. The lowest BCUT2D eigenvalue weighted by Gasteiger charge is -2.07. The van der Waals surface area contributed by atoms with Crippen molar-refractivity contribution < 1.29 is 4.79 Å². The molecule has 0 aliphatic heterocycles. The average molecular weight is 208 g/mol. The maximum Gasteiger partial charge on any atom is 0.163 e. The van der Waals surface area contributed by atoms with Gasteiger partial charge in [-0.25, -0.2) is 0 Å². The van der Waals surface area contributed by atoms with Crippen molar-refractivity contribution in [3.63, 3.8) is 0 Å². The second-order valence-corrected chi connectivity index (χ2v) is 5.01. The number of rotatable bonds is 7. The van der Waals surface area contributed by atoms with Crippen LogP contribution in [-0.2, 0) is 4.79 Å². The summed E-state index contributed by atoms with van der Waals surface area (Å²) in [7, 11) is 3.40. The maximum absolute atomic E-state index is 10.9. The Morgan fingerprint density at radius 3 is 2.67 bits per heavy atom. The van der Waals surface area contributed by atoms with E-state index in [-0.39, 0.29) is 18.4 Å².